The van der Waals surface area contributed by atoms with Crippen molar-refractivity contribution in [1.82, 2.24) is 10.3 Å². The molecule has 1 heterocycles. The molecule has 0 aliphatic carbocycles. The maximum atomic E-state index is 13.5. The molecule has 1 aliphatic heterocycles. The molecule has 112 valence electrons. The lowest BCUT2D eigenvalue weighted by Gasteiger charge is -2.44. The van der Waals surface area contributed by atoms with E-state index in [0.29, 0.717) is 5.56 Å². The molecule has 0 saturated carbocycles. The zero-order valence-electron chi connectivity index (χ0n) is 12.1. The predicted molar refractivity (Wildman–Crippen MR) is 75.9 cm³/mol. The summed E-state index contributed by atoms with van der Waals surface area (Å²) in [6.45, 7) is 6.27. The van der Waals surface area contributed by atoms with E-state index in [1.807, 2.05) is 0 Å². The van der Waals surface area contributed by atoms with Crippen LogP contribution in [0.25, 0.3) is 0 Å². The minimum absolute atomic E-state index is 0.213. The molecule has 1 fully saturated rings. The molecule has 2 atom stereocenters. The van der Waals surface area contributed by atoms with Gasteiger partial charge in [-0.3, -0.25) is 16.2 Å². The Balaban J connectivity index is 2.35. The van der Waals surface area contributed by atoms with E-state index in [-0.39, 0.29) is 11.6 Å². The average Bonchev–Trinajstić information content (AvgIpc) is 2.98. The summed E-state index contributed by atoms with van der Waals surface area (Å²) >= 11 is 0. The van der Waals surface area contributed by atoms with Crippen molar-refractivity contribution in [2.45, 2.75) is 44.7 Å². The Morgan fingerprint density at radius 3 is 2.45 bits per heavy atom. The number of hydrogen-bond acceptors (Lipinski definition) is 3. The Morgan fingerprint density at radius 2 is 1.95 bits per heavy atom. The van der Waals surface area contributed by atoms with Gasteiger partial charge in [-0.05, 0) is 57.0 Å². The van der Waals surface area contributed by atoms with Crippen molar-refractivity contribution in [2.75, 3.05) is 13.1 Å². The van der Waals surface area contributed by atoms with E-state index in [9.17, 15) is 8.78 Å². The number of hydrogen-bond donors (Lipinski definition) is 2. The summed E-state index contributed by atoms with van der Waals surface area (Å²) in [5.74, 6) is 4.07. The monoisotopic (exact) mass is 283 g/mol. The second kappa shape index (κ2) is 6.16. The van der Waals surface area contributed by atoms with Crippen LogP contribution in [0, 0.1) is 11.6 Å². The van der Waals surface area contributed by atoms with E-state index in [0.717, 1.165) is 25.6 Å². The van der Waals surface area contributed by atoms with E-state index >= 15 is 0 Å². The van der Waals surface area contributed by atoms with Gasteiger partial charge >= 0.3 is 0 Å². The van der Waals surface area contributed by atoms with Gasteiger partial charge in [0.15, 0.2) is 11.6 Å². The number of nitrogens with zero attached hydrogens (tertiary/aromatic N) is 1. The molecular weight excluding hydrogens is 260 g/mol. The molecule has 1 aliphatic rings. The normalized spacial score (nSPS) is 20.9. The van der Waals surface area contributed by atoms with Crippen LogP contribution >= 0.6 is 0 Å². The fourth-order valence-corrected chi connectivity index (χ4v) is 3.17. The molecule has 0 radical (unpaired) electrons. The highest BCUT2D eigenvalue weighted by atomic mass is 19.2. The van der Waals surface area contributed by atoms with Crippen molar-refractivity contribution < 1.29 is 8.78 Å². The van der Waals surface area contributed by atoms with E-state index in [1.54, 1.807) is 6.07 Å². The van der Waals surface area contributed by atoms with Gasteiger partial charge in [-0.25, -0.2) is 8.78 Å². The largest absolute Gasteiger partial charge is 0.296 e. The summed E-state index contributed by atoms with van der Waals surface area (Å²) in [6.07, 6.45) is 3.22. The Labute approximate surface area is 119 Å². The third kappa shape index (κ3) is 2.71. The lowest BCUT2D eigenvalue weighted by molar-refractivity contribution is 0.0838. The van der Waals surface area contributed by atoms with Crippen LogP contribution in [0.15, 0.2) is 18.2 Å². The van der Waals surface area contributed by atoms with Crippen LogP contribution in [0.2, 0.25) is 0 Å². The molecule has 2 rings (SSSR count). The molecule has 0 amide bonds. The number of nitrogens with one attached hydrogen (secondary N) is 1. The summed E-state index contributed by atoms with van der Waals surface area (Å²) in [5.41, 5.74) is 3.27. The Morgan fingerprint density at radius 1 is 1.30 bits per heavy atom. The van der Waals surface area contributed by atoms with Crippen LogP contribution in [0.5, 0.6) is 0 Å². The first-order chi connectivity index (χ1) is 9.52. The van der Waals surface area contributed by atoms with Gasteiger partial charge in [0, 0.05) is 5.54 Å². The number of likely N-dealkylation sites (tertiary alicyclic amines) is 1. The van der Waals surface area contributed by atoms with Crippen LogP contribution in [0.4, 0.5) is 8.78 Å². The maximum Gasteiger partial charge on any atom is 0.159 e. The van der Waals surface area contributed by atoms with E-state index < -0.39 is 11.6 Å². The molecule has 5 heteroatoms. The number of benzene rings is 1. The second-order valence-corrected chi connectivity index (χ2v) is 5.68. The van der Waals surface area contributed by atoms with Crippen LogP contribution < -0.4 is 11.3 Å². The topological polar surface area (TPSA) is 41.3 Å². The molecule has 1 aromatic rings. The van der Waals surface area contributed by atoms with Gasteiger partial charge in [-0.15, -0.1) is 0 Å². The second-order valence-electron chi connectivity index (χ2n) is 5.68. The number of hydrazine groups is 1. The highest BCUT2D eigenvalue weighted by molar-refractivity contribution is 5.25. The minimum atomic E-state index is -0.831. The molecule has 0 bridgehead atoms. The van der Waals surface area contributed by atoms with Crippen molar-refractivity contribution in [3.05, 3.63) is 35.4 Å². The zero-order valence-corrected chi connectivity index (χ0v) is 12.1. The lowest BCUT2D eigenvalue weighted by Crippen LogP contribution is -2.54. The molecule has 1 saturated heterocycles. The fourth-order valence-electron chi connectivity index (χ4n) is 3.17. The third-order valence-electron chi connectivity index (χ3n) is 4.61. The highest BCUT2D eigenvalue weighted by Crippen LogP contribution is 2.36. The van der Waals surface area contributed by atoms with Crippen LogP contribution in [-0.2, 0) is 0 Å². The van der Waals surface area contributed by atoms with Crippen molar-refractivity contribution in [2.24, 2.45) is 5.84 Å². The van der Waals surface area contributed by atoms with Crippen molar-refractivity contribution >= 4 is 0 Å². The number of rotatable bonds is 5. The van der Waals surface area contributed by atoms with Crippen molar-refractivity contribution in [1.29, 1.82) is 0 Å². The maximum absolute atomic E-state index is 13.5. The van der Waals surface area contributed by atoms with Gasteiger partial charge in [0.2, 0.25) is 0 Å². The van der Waals surface area contributed by atoms with Gasteiger partial charge in [-0.1, -0.05) is 13.0 Å². The molecule has 2 unspecified atom stereocenters. The summed E-state index contributed by atoms with van der Waals surface area (Å²) in [4.78, 5) is 2.39. The van der Waals surface area contributed by atoms with Gasteiger partial charge < -0.3 is 0 Å². The van der Waals surface area contributed by atoms with Gasteiger partial charge in [-0.2, -0.15) is 0 Å². The van der Waals surface area contributed by atoms with Gasteiger partial charge in [0.25, 0.3) is 0 Å². The molecule has 0 spiro atoms. The Hall–Kier alpha value is -1.04. The van der Waals surface area contributed by atoms with E-state index in [1.165, 1.54) is 18.9 Å². The molecular formula is C15H23F2N3. The molecule has 3 nitrogen and oxygen atoms in total. The van der Waals surface area contributed by atoms with E-state index in [4.69, 9.17) is 5.84 Å². The zero-order chi connectivity index (χ0) is 14.8. The predicted octanol–water partition coefficient (Wildman–Crippen LogP) is 2.73. The van der Waals surface area contributed by atoms with E-state index in [2.05, 4.69) is 24.2 Å². The standard InChI is InChI=1S/C15H23F2N3/c1-3-15(2,20-8-4-5-9-20)14(19-18)11-6-7-12(16)13(17)10-11/h6-7,10,14,19H,3-5,8-9,18H2,1-2H3. The smallest absolute Gasteiger partial charge is 0.159 e. The third-order valence-corrected chi connectivity index (χ3v) is 4.61. The van der Waals surface area contributed by atoms with Gasteiger partial charge in [0.1, 0.15) is 0 Å². The summed E-state index contributed by atoms with van der Waals surface area (Å²) in [6, 6.07) is 3.77. The fraction of sp³-hybridized carbons (Fsp3) is 0.600. The molecule has 1 aromatic carbocycles. The Kier molecular flexibility index (Phi) is 4.73. The molecule has 20 heavy (non-hydrogen) atoms. The minimum Gasteiger partial charge on any atom is -0.296 e. The number of nitrogens with two attached hydrogens (primary N) is 1. The first kappa shape index (κ1) is 15.4. The number of halogens is 2. The van der Waals surface area contributed by atoms with Crippen LogP contribution in [0.3, 0.4) is 0 Å². The summed E-state index contributed by atoms with van der Waals surface area (Å²) < 4.78 is 26.6. The molecule has 3 N–H and O–H groups in total. The summed E-state index contributed by atoms with van der Waals surface area (Å²) in [5, 5.41) is 0. The van der Waals surface area contributed by atoms with Crippen LogP contribution in [-0.4, -0.2) is 23.5 Å². The van der Waals surface area contributed by atoms with Crippen molar-refractivity contribution in [3.63, 3.8) is 0 Å². The Bertz CT molecular complexity index is 460. The molecule has 0 aromatic heterocycles. The average molecular weight is 283 g/mol. The summed E-state index contributed by atoms with van der Waals surface area (Å²) in [7, 11) is 0. The first-order valence-electron chi connectivity index (χ1n) is 7.19. The van der Waals surface area contributed by atoms with Gasteiger partial charge in [0.05, 0.1) is 6.04 Å². The highest BCUT2D eigenvalue weighted by Gasteiger charge is 2.40. The lowest BCUT2D eigenvalue weighted by atomic mass is 9.83. The SMILES string of the molecule is CCC(C)(C(NN)c1ccc(F)c(F)c1)N1CCCC1. The quantitative estimate of drug-likeness (QED) is 0.645. The van der Waals surface area contributed by atoms with Crippen molar-refractivity contribution in [3.8, 4) is 0 Å². The van der Waals surface area contributed by atoms with Crippen LogP contribution in [0.1, 0.15) is 44.7 Å². The first-order valence-corrected chi connectivity index (χ1v) is 7.19.